The summed E-state index contributed by atoms with van der Waals surface area (Å²) >= 11 is 0. The van der Waals surface area contributed by atoms with E-state index in [-0.39, 0.29) is 0 Å². The minimum Gasteiger partial charge on any atom is -0.310 e. The van der Waals surface area contributed by atoms with E-state index in [9.17, 15) is 0 Å². The maximum absolute atomic E-state index is 3.96. The zero-order valence-corrected chi connectivity index (χ0v) is 35.7. The van der Waals surface area contributed by atoms with Gasteiger partial charge in [-0.15, -0.1) is 0 Å². The van der Waals surface area contributed by atoms with E-state index < -0.39 is 0 Å². The Bertz CT molecular complexity index is 3770. The molecule has 10 aromatic carbocycles. The van der Waals surface area contributed by atoms with Crippen LogP contribution in [0.2, 0.25) is 0 Å². The molecule has 0 fully saturated rings. The number of fused-ring (bicyclic) bond motifs is 6. The molecule has 306 valence electrons. The van der Waals surface area contributed by atoms with Gasteiger partial charge in [-0.3, -0.25) is 0 Å². The van der Waals surface area contributed by atoms with Crippen LogP contribution in [0.1, 0.15) is 5.69 Å². The molecular formula is C62H43N3. The van der Waals surface area contributed by atoms with Crippen LogP contribution in [0.15, 0.2) is 249 Å². The lowest BCUT2D eigenvalue weighted by molar-refractivity contribution is 1.12. The van der Waals surface area contributed by atoms with E-state index in [1.54, 1.807) is 0 Å². The minimum absolute atomic E-state index is 1.07. The zero-order chi connectivity index (χ0) is 43.3. The monoisotopic (exact) mass is 829 g/mol. The lowest BCUT2D eigenvalue weighted by Gasteiger charge is -2.28. The van der Waals surface area contributed by atoms with Crippen molar-refractivity contribution in [2.24, 2.45) is 0 Å². The Balaban J connectivity index is 1.01. The molecule has 12 aromatic rings. The molecule has 2 aromatic heterocycles. The molecule has 0 saturated carbocycles. The fourth-order valence-electron chi connectivity index (χ4n) is 9.89. The maximum Gasteiger partial charge on any atom is 0.0547 e. The molecular weight excluding hydrogens is 787 g/mol. The molecule has 3 heteroatoms. The number of para-hydroxylation sites is 3. The van der Waals surface area contributed by atoms with E-state index in [4.69, 9.17) is 0 Å². The summed E-state index contributed by atoms with van der Waals surface area (Å²) in [6.07, 6.45) is 5.98. The van der Waals surface area contributed by atoms with Gasteiger partial charge in [0.05, 0.1) is 27.9 Å². The van der Waals surface area contributed by atoms with Gasteiger partial charge >= 0.3 is 0 Å². The molecule has 0 spiro atoms. The summed E-state index contributed by atoms with van der Waals surface area (Å²) in [5.41, 5.74) is 14.9. The van der Waals surface area contributed by atoms with Crippen LogP contribution in [0.25, 0.3) is 94.0 Å². The Kier molecular flexibility index (Phi) is 9.31. The largest absolute Gasteiger partial charge is 0.310 e. The molecule has 65 heavy (non-hydrogen) atoms. The Hall–Kier alpha value is -8.66. The van der Waals surface area contributed by atoms with Crippen molar-refractivity contribution in [3.63, 3.8) is 0 Å². The highest BCUT2D eigenvalue weighted by Crippen LogP contribution is 2.43. The van der Waals surface area contributed by atoms with Crippen molar-refractivity contribution in [1.29, 1.82) is 0 Å². The summed E-state index contributed by atoms with van der Waals surface area (Å²) in [5, 5.41) is 8.50. The number of nitrogens with zero attached hydrogens (tertiary/aromatic N) is 3. The van der Waals surface area contributed by atoms with Crippen LogP contribution in [0.4, 0.5) is 17.1 Å². The first kappa shape index (κ1) is 38.0. The minimum atomic E-state index is 1.07. The molecule has 0 saturated heterocycles. The summed E-state index contributed by atoms with van der Waals surface area (Å²) in [4.78, 5) is 2.41. The Labute approximate surface area is 378 Å². The standard InChI is InChI=1S/C62H43N3/c1-2-3-19-51-41-47-17-8-13-27-58(47)65(51)61-40-39-60(54-23-10-11-24-55(54)61)63(50-36-31-45(32-37-50)53-26-15-18-44-16-7-9-22-52(44)53)49-34-29-43(30-35-49)46-33-38-57-56-25-12-14-28-59(56)64(62(57)42-46)48-20-5-4-6-21-48/h2-42H,1H2/b19-3-. The quantitative estimate of drug-likeness (QED) is 0.132. The Morgan fingerprint density at radius 3 is 1.75 bits per heavy atom. The van der Waals surface area contributed by atoms with Crippen molar-refractivity contribution in [2.75, 3.05) is 4.90 Å². The second-order valence-corrected chi connectivity index (χ2v) is 16.6. The van der Waals surface area contributed by atoms with Gasteiger partial charge < -0.3 is 14.0 Å². The second kappa shape index (κ2) is 15.9. The topological polar surface area (TPSA) is 13.1 Å². The van der Waals surface area contributed by atoms with Crippen LogP contribution in [0.5, 0.6) is 0 Å². The molecule has 0 bridgehead atoms. The van der Waals surface area contributed by atoms with Gasteiger partial charge in [0.1, 0.15) is 0 Å². The zero-order valence-electron chi connectivity index (χ0n) is 35.7. The molecule has 12 rings (SSSR count). The number of benzene rings is 10. The average molecular weight is 830 g/mol. The van der Waals surface area contributed by atoms with Gasteiger partial charge in [-0.25, -0.2) is 0 Å². The van der Waals surface area contributed by atoms with Crippen LogP contribution < -0.4 is 4.90 Å². The summed E-state index contributed by atoms with van der Waals surface area (Å²) in [5.74, 6) is 0. The summed E-state index contributed by atoms with van der Waals surface area (Å²) in [6, 6.07) is 83.8. The van der Waals surface area contributed by atoms with Crippen LogP contribution in [-0.4, -0.2) is 9.13 Å². The van der Waals surface area contributed by atoms with Gasteiger partial charge in [-0.05, 0) is 112 Å². The number of hydrogen-bond acceptors (Lipinski definition) is 1. The van der Waals surface area contributed by atoms with Crippen LogP contribution >= 0.6 is 0 Å². The maximum atomic E-state index is 3.96. The third-order valence-corrected chi connectivity index (χ3v) is 12.9. The van der Waals surface area contributed by atoms with Gasteiger partial charge in [0.25, 0.3) is 0 Å². The molecule has 0 aliphatic carbocycles. The van der Waals surface area contributed by atoms with Crippen molar-refractivity contribution in [1.82, 2.24) is 9.13 Å². The highest BCUT2D eigenvalue weighted by molar-refractivity contribution is 6.10. The number of rotatable bonds is 9. The van der Waals surface area contributed by atoms with E-state index in [0.717, 1.165) is 56.0 Å². The molecule has 0 unspecified atom stereocenters. The fraction of sp³-hybridized carbons (Fsp3) is 0. The first-order chi connectivity index (χ1) is 32.2. The van der Waals surface area contributed by atoms with Crippen LogP contribution in [-0.2, 0) is 0 Å². The Morgan fingerprint density at radius 1 is 0.385 bits per heavy atom. The number of aromatic nitrogens is 2. The van der Waals surface area contributed by atoms with Crippen molar-refractivity contribution in [2.45, 2.75) is 0 Å². The van der Waals surface area contributed by atoms with E-state index in [1.807, 2.05) is 12.2 Å². The lowest BCUT2D eigenvalue weighted by Crippen LogP contribution is -2.11. The smallest absolute Gasteiger partial charge is 0.0547 e. The molecule has 3 nitrogen and oxygen atoms in total. The lowest BCUT2D eigenvalue weighted by atomic mass is 9.97. The fourth-order valence-corrected chi connectivity index (χ4v) is 9.89. The second-order valence-electron chi connectivity index (χ2n) is 16.6. The molecule has 2 heterocycles. The molecule has 0 N–H and O–H groups in total. The molecule has 0 aliphatic rings. The van der Waals surface area contributed by atoms with Crippen molar-refractivity contribution >= 4 is 77.4 Å². The van der Waals surface area contributed by atoms with Crippen LogP contribution in [0, 0.1) is 0 Å². The van der Waals surface area contributed by atoms with E-state index in [1.165, 1.54) is 54.7 Å². The SMILES string of the molecule is C=C/C=C\c1cc2ccccc2n1-c1ccc(N(c2ccc(-c3ccc4c5ccccc5n(-c5ccccc5)c4c3)cc2)c2ccc(-c3cccc4ccccc34)cc2)c2ccccc12. The van der Waals surface area contributed by atoms with Gasteiger partial charge in [0.2, 0.25) is 0 Å². The summed E-state index contributed by atoms with van der Waals surface area (Å²) < 4.78 is 4.75. The predicted octanol–water partition coefficient (Wildman–Crippen LogP) is 17.0. The van der Waals surface area contributed by atoms with Gasteiger partial charge in [0, 0.05) is 49.7 Å². The highest BCUT2D eigenvalue weighted by Gasteiger charge is 2.20. The first-order valence-corrected chi connectivity index (χ1v) is 22.2. The van der Waals surface area contributed by atoms with Crippen molar-refractivity contribution in [3.8, 4) is 33.6 Å². The van der Waals surface area contributed by atoms with E-state index >= 15 is 0 Å². The predicted molar refractivity (Wildman–Crippen MR) is 277 cm³/mol. The van der Waals surface area contributed by atoms with Gasteiger partial charge in [0.15, 0.2) is 0 Å². The van der Waals surface area contributed by atoms with Crippen LogP contribution in [0.3, 0.4) is 0 Å². The van der Waals surface area contributed by atoms with Crippen molar-refractivity contribution in [3.05, 3.63) is 255 Å². The average Bonchev–Trinajstić information content (AvgIpc) is 3.91. The number of hydrogen-bond donors (Lipinski definition) is 0. The molecule has 0 amide bonds. The number of anilines is 3. The number of allylic oxidation sites excluding steroid dienone is 2. The summed E-state index contributed by atoms with van der Waals surface area (Å²) in [6.45, 7) is 3.96. The van der Waals surface area contributed by atoms with Gasteiger partial charge in [-0.1, -0.05) is 176 Å². The highest BCUT2D eigenvalue weighted by atomic mass is 15.1. The Morgan fingerprint density at radius 2 is 0.985 bits per heavy atom. The molecule has 0 aliphatic heterocycles. The molecule has 0 radical (unpaired) electrons. The molecule has 0 atom stereocenters. The third kappa shape index (κ3) is 6.52. The van der Waals surface area contributed by atoms with Gasteiger partial charge in [-0.2, -0.15) is 0 Å². The first-order valence-electron chi connectivity index (χ1n) is 22.2. The van der Waals surface area contributed by atoms with Crippen molar-refractivity contribution < 1.29 is 0 Å². The summed E-state index contributed by atoms with van der Waals surface area (Å²) in [7, 11) is 0. The van der Waals surface area contributed by atoms with E-state index in [0.29, 0.717) is 0 Å². The van der Waals surface area contributed by atoms with E-state index in [2.05, 4.69) is 257 Å². The third-order valence-electron chi connectivity index (χ3n) is 12.9. The normalized spacial score (nSPS) is 11.7.